The van der Waals surface area contributed by atoms with E-state index in [1.165, 1.54) is 0 Å². The number of hydrogen-bond acceptors (Lipinski definition) is 5. The third-order valence-electron chi connectivity index (χ3n) is 2.40. The zero-order valence-electron chi connectivity index (χ0n) is 12.5. The Morgan fingerprint density at radius 2 is 2.05 bits per heavy atom. The molecule has 0 saturated heterocycles. The Labute approximate surface area is 135 Å². The van der Waals surface area contributed by atoms with Crippen molar-refractivity contribution in [2.75, 3.05) is 6.61 Å². The Morgan fingerprint density at radius 3 is 2.59 bits per heavy atom. The van der Waals surface area contributed by atoms with Crippen LogP contribution in [-0.2, 0) is 9.53 Å². The van der Waals surface area contributed by atoms with Crippen molar-refractivity contribution in [1.82, 2.24) is 0 Å². The topological polar surface area (TPSA) is 78.7 Å². The highest BCUT2D eigenvalue weighted by atomic mass is 79.9. The number of carbonyl (C=O) groups is 1. The summed E-state index contributed by atoms with van der Waals surface area (Å²) in [7, 11) is 0. The fourth-order valence-electron chi connectivity index (χ4n) is 1.56. The molecule has 0 aliphatic carbocycles. The molecule has 22 heavy (non-hydrogen) atoms. The van der Waals surface area contributed by atoms with Crippen LogP contribution in [0.15, 0.2) is 16.6 Å². The number of ether oxygens (including phenoxy) is 2. The number of esters is 1. The summed E-state index contributed by atoms with van der Waals surface area (Å²) in [6, 6.07) is 1.98. The molecule has 0 saturated carbocycles. The molecule has 0 aliphatic rings. The van der Waals surface area contributed by atoms with Gasteiger partial charge in [0.15, 0.2) is 0 Å². The lowest BCUT2D eigenvalue weighted by molar-refractivity contribution is -0.387. The molecule has 0 unspecified atom stereocenters. The second kappa shape index (κ2) is 7.53. The van der Waals surface area contributed by atoms with Gasteiger partial charge < -0.3 is 9.47 Å². The van der Waals surface area contributed by atoms with Crippen LogP contribution in [-0.4, -0.2) is 23.1 Å². The van der Waals surface area contributed by atoms with E-state index in [9.17, 15) is 19.3 Å². The fraction of sp³-hybridized carbons (Fsp3) is 0.500. The zero-order valence-corrected chi connectivity index (χ0v) is 14.1. The van der Waals surface area contributed by atoms with Crippen molar-refractivity contribution in [3.05, 3.63) is 32.5 Å². The highest BCUT2D eigenvalue weighted by Gasteiger charge is 2.19. The molecule has 0 spiro atoms. The second-order valence-electron chi connectivity index (χ2n) is 5.53. The summed E-state index contributed by atoms with van der Waals surface area (Å²) in [5.74, 6) is -1.14. The van der Waals surface area contributed by atoms with E-state index in [2.05, 4.69) is 15.9 Å². The third-order valence-corrected chi connectivity index (χ3v) is 3.02. The number of halogens is 2. The second-order valence-corrected chi connectivity index (χ2v) is 6.38. The van der Waals surface area contributed by atoms with Gasteiger partial charge in [0.2, 0.25) is 5.82 Å². The van der Waals surface area contributed by atoms with Crippen molar-refractivity contribution in [2.45, 2.75) is 39.2 Å². The molecule has 6 nitrogen and oxygen atoms in total. The molecule has 0 atom stereocenters. The van der Waals surface area contributed by atoms with Crippen LogP contribution in [0.1, 0.15) is 33.6 Å². The van der Waals surface area contributed by atoms with Gasteiger partial charge in [0.05, 0.1) is 22.1 Å². The molecule has 0 fully saturated rings. The van der Waals surface area contributed by atoms with E-state index in [0.29, 0.717) is 6.42 Å². The van der Waals surface area contributed by atoms with Crippen LogP contribution in [0.2, 0.25) is 0 Å². The number of hydrogen-bond donors (Lipinski definition) is 0. The van der Waals surface area contributed by atoms with E-state index in [1.54, 1.807) is 20.8 Å². The number of rotatable bonds is 6. The minimum atomic E-state index is -0.946. The summed E-state index contributed by atoms with van der Waals surface area (Å²) in [5.41, 5.74) is -1.20. The predicted octanol–water partition coefficient (Wildman–Crippen LogP) is 4.00. The van der Waals surface area contributed by atoms with Crippen LogP contribution < -0.4 is 4.74 Å². The molecule has 0 heterocycles. The summed E-state index contributed by atoms with van der Waals surface area (Å²) >= 11 is 3.07. The number of nitro benzene ring substituents is 1. The van der Waals surface area contributed by atoms with Gasteiger partial charge in [-0.05, 0) is 49.2 Å². The van der Waals surface area contributed by atoms with E-state index < -0.39 is 22.0 Å². The molecule has 0 bridgehead atoms. The fourth-order valence-corrected chi connectivity index (χ4v) is 1.99. The minimum absolute atomic E-state index is 0.150. The van der Waals surface area contributed by atoms with E-state index in [4.69, 9.17) is 9.47 Å². The lowest BCUT2D eigenvalue weighted by Crippen LogP contribution is -2.23. The van der Waals surface area contributed by atoms with E-state index in [-0.39, 0.29) is 29.2 Å². The molecular formula is C14H17BrFNO5. The van der Waals surface area contributed by atoms with E-state index >= 15 is 0 Å². The maximum atomic E-state index is 13.3. The van der Waals surface area contributed by atoms with Crippen molar-refractivity contribution >= 4 is 27.6 Å². The van der Waals surface area contributed by atoms with Gasteiger partial charge in [-0.25, -0.2) is 0 Å². The van der Waals surface area contributed by atoms with Gasteiger partial charge in [-0.15, -0.1) is 0 Å². The molecule has 122 valence electrons. The standard InChI is InChI=1S/C14H17BrFNO5/c1-14(2,3)22-13(18)5-4-6-21-12-8-11(17(19)20)10(16)7-9(12)15/h7-8H,4-6H2,1-3H3. The molecule has 0 aromatic heterocycles. The molecule has 0 N–H and O–H groups in total. The monoisotopic (exact) mass is 377 g/mol. The maximum absolute atomic E-state index is 13.3. The first-order valence-corrected chi connectivity index (χ1v) is 7.37. The first kappa shape index (κ1) is 18.3. The molecule has 1 rings (SSSR count). The number of benzene rings is 1. The molecule has 0 aliphatic heterocycles. The van der Waals surface area contributed by atoms with Crippen molar-refractivity contribution in [3.8, 4) is 5.75 Å². The smallest absolute Gasteiger partial charge is 0.308 e. The van der Waals surface area contributed by atoms with Crippen molar-refractivity contribution < 1.29 is 23.6 Å². The van der Waals surface area contributed by atoms with Crippen molar-refractivity contribution in [2.24, 2.45) is 0 Å². The zero-order chi connectivity index (χ0) is 16.9. The quantitative estimate of drug-likeness (QED) is 0.324. The van der Waals surface area contributed by atoms with E-state index in [0.717, 1.165) is 12.1 Å². The maximum Gasteiger partial charge on any atom is 0.308 e. The lowest BCUT2D eigenvalue weighted by Gasteiger charge is -2.19. The summed E-state index contributed by atoms with van der Waals surface area (Å²) in [4.78, 5) is 21.3. The Morgan fingerprint density at radius 1 is 1.41 bits per heavy atom. The third kappa shape index (κ3) is 5.97. The largest absolute Gasteiger partial charge is 0.492 e. The molecule has 1 aromatic rings. The SMILES string of the molecule is CC(C)(C)OC(=O)CCCOc1cc([N+](=O)[O-])c(F)cc1Br. The summed E-state index contributed by atoms with van der Waals surface area (Å²) in [6.07, 6.45) is 0.546. The van der Waals surface area contributed by atoms with Crippen LogP contribution in [0.4, 0.5) is 10.1 Å². The van der Waals surface area contributed by atoms with Crippen molar-refractivity contribution in [1.29, 1.82) is 0 Å². The first-order chi connectivity index (χ1) is 10.1. The summed E-state index contributed by atoms with van der Waals surface area (Å²) in [6.45, 7) is 5.48. The van der Waals surface area contributed by atoms with Crippen molar-refractivity contribution in [3.63, 3.8) is 0 Å². The minimum Gasteiger partial charge on any atom is -0.492 e. The highest BCUT2D eigenvalue weighted by Crippen LogP contribution is 2.32. The van der Waals surface area contributed by atoms with Gasteiger partial charge >= 0.3 is 11.7 Å². The number of carbonyl (C=O) groups excluding carboxylic acids is 1. The molecule has 0 amide bonds. The molecule has 8 heteroatoms. The van der Waals surface area contributed by atoms with Gasteiger partial charge in [0.1, 0.15) is 11.4 Å². The molecular weight excluding hydrogens is 361 g/mol. The first-order valence-electron chi connectivity index (χ1n) is 6.58. The Kier molecular flexibility index (Phi) is 6.28. The Bertz CT molecular complexity index is 571. The normalized spacial score (nSPS) is 11.1. The van der Waals surface area contributed by atoms with Crippen LogP contribution in [0.5, 0.6) is 5.75 Å². The van der Waals surface area contributed by atoms with Gasteiger partial charge in [0, 0.05) is 6.42 Å². The average Bonchev–Trinajstić information content (AvgIpc) is 2.33. The van der Waals surface area contributed by atoms with Gasteiger partial charge in [-0.3, -0.25) is 14.9 Å². The van der Waals surface area contributed by atoms with Gasteiger partial charge in [-0.2, -0.15) is 4.39 Å². The molecule has 1 aromatic carbocycles. The lowest BCUT2D eigenvalue weighted by atomic mass is 10.2. The van der Waals surface area contributed by atoms with Crippen LogP contribution in [0.3, 0.4) is 0 Å². The van der Waals surface area contributed by atoms with Crippen LogP contribution >= 0.6 is 15.9 Å². The summed E-state index contributed by atoms with van der Waals surface area (Å²) in [5, 5.41) is 10.7. The summed E-state index contributed by atoms with van der Waals surface area (Å²) < 4.78 is 24.1. The predicted molar refractivity (Wildman–Crippen MR) is 81.3 cm³/mol. The number of nitro groups is 1. The van der Waals surface area contributed by atoms with Gasteiger partial charge in [0.25, 0.3) is 0 Å². The number of nitrogens with zero attached hydrogens (tertiary/aromatic N) is 1. The molecule has 0 radical (unpaired) electrons. The van der Waals surface area contributed by atoms with Gasteiger partial charge in [-0.1, -0.05) is 0 Å². The Balaban J connectivity index is 2.54. The van der Waals surface area contributed by atoms with Crippen LogP contribution in [0.25, 0.3) is 0 Å². The average molecular weight is 378 g/mol. The van der Waals surface area contributed by atoms with E-state index in [1.807, 2.05) is 0 Å². The highest BCUT2D eigenvalue weighted by molar-refractivity contribution is 9.10. The Hall–Kier alpha value is -1.70. The van der Waals surface area contributed by atoms with Crippen LogP contribution in [0, 0.1) is 15.9 Å².